The average Bonchev–Trinajstić information content (AvgIpc) is 3.38. The zero-order chi connectivity index (χ0) is 22.7. The number of nitrogens with zero attached hydrogens (tertiary/aromatic N) is 2. The van der Waals surface area contributed by atoms with Crippen molar-refractivity contribution in [2.45, 2.75) is 50.2 Å². The van der Waals surface area contributed by atoms with Crippen molar-refractivity contribution in [3.8, 4) is 11.6 Å². The summed E-state index contributed by atoms with van der Waals surface area (Å²) in [5.41, 5.74) is 10.3. The Morgan fingerprint density at radius 1 is 1.12 bits per heavy atom. The molecule has 9 nitrogen and oxygen atoms in total. The lowest BCUT2D eigenvalue weighted by Gasteiger charge is -2.34. The number of hydrazine groups is 1. The van der Waals surface area contributed by atoms with Crippen LogP contribution < -0.4 is 31.0 Å². The van der Waals surface area contributed by atoms with Crippen molar-refractivity contribution in [3.05, 3.63) is 35.5 Å². The van der Waals surface area contributed by atoms with Crippen LogP contribution in [0, 0.1) is 24.7 Å². The topological polar surface area (TPSA) is 109 Å². The number of fused-ring (bicyclic) bond motifs is 3. The molecule has 3 fully saturated rings. The van der Waals surface area contributed by atoms with Gasteiger partial charge >= 0.3 is 0 Å². The maximum Gasteiger partial charge on any atom is 0.256 e. The van der Waals surface area contributed by atoms with E-state index in [1.807, 2.05) is 31.2 Å². The molecule has 1 aromatic heterocycles. The molecule has 4 aliphatic rings. The normalized spacial score (nSPS) is 33.9. The first-order valence-electron chi connectivity index (χ1n) is 11.7. The number of carbonyl (C=O) groups is 1. The third-order valence-corrected chi connectivity index (χ3v) is 8.13. The Bertz CT molecular complexity index is 1110. The number of anilines is 2. The molecule has 0 radical (unpaired) electrons. The van der Waals surface area contributed by atoms with Crippen LogP contribution in [0.2, 0.25) is 0 Å². The summed E-state index contributed by atoms with van der Waals surface area (Å²) >= 11 is 0. The number of amides is 1. The fourth-order valence-electron chi connectivity index (χ4n) is 6.42. The van der Waals surface area contributed by atoms with Gasteiger partial charge in [-0.05, 0) is 74.3 Å². The van der Waals surface area contributed by atoms with Crippen molar-refractivity contribution in [3.63, 3.8) is 0 Å². The van der Waals surface area contributed by atoms with Gasteiger partial charge in [0.25, 0.3) is 5.88 Å². The van der Waals surface area contributed by atoms with Crippen LogP contribution in [0.1, 0.15) is 36.9 Å². The Morgan fingerprint density at radius 3 is 2.82 bits per heavy atom. The molecule has 1 saturated heterocycles. The van der Waals surface area contributed by atoms with E-state index in [2.05, 4.69) is 31.7 Å². The monoisotopic (exact) mass is 450 g/mol. The number of hydrogen-bond donors (Lipinski definition) is 4. The summed E-state index contributed by atoms with van der Waals surface area (Å²) in [6.45, 7) is 1.92. The second-order valence-corrected chi connectivity index (χ2v) is 9.81. The summed E-state index contributed by atoms with van der Waals surface area (Å²) in [5.74, 6) is 2.81. The Kier molecular flexibility index (Phi) is 4.74. The lowest BCUT2D eigenvalue weighted by Crippen LogP contribution is -2.39. The van der Waals surface area contributed by atoms with Crippen molar-refractivity contribution in [2.75, 3.05) is 24.9 Å². The molecule has 33 heavy (non-hydrogen) atoms. The minimum atomic E-state index is -0.376. The van der Waals surface area contributed by atoms with E-state index in [0.717, 1.165) is 54.1 Å². The first-order valence-corrected chi connectivity index (χ1v) is 11.7. The summed E-state index contributed by atoms with van der Waals surface area (Å²) < 4.78 is 10.8. The highest BCUT2D eigenvalue weighted by Gasteiger charge is 2.67. The molecule has 4 unspecified atom stereocenters. The minimum Gasteiger partial charge on any atom is -0.497 e. The van der Waals surface area contributed by atoms with Crippen LogP contribution in [0.3, 0.4) is 0 Å². The van der Waals surface area contributed by atoms with Crippen LogP contribution in [-0.4, -0.2) is 42.5 Å². The number of rotatable bonds is 5. The number of aryl methyl sites for hydroxylation is 1. The van der Waals surface area contributed by atoms with E-state index >= 15 is 0 Å². The van der Waals surface area contributed by atoms with Crippen molar-refractivity contribution < 1.29 is 14.3 Å². The molecular formula is C24H30N6O3. The van der Waals surface area contributed by atoms with E-state index in [9.17, 15) is 4.79 Å². The highest BCUT2D eigenvalue weighted by atomic mass is 16.5. The van der Waals surface area contributed by atoms with Gasteiger partial charge < -0.3 is 20.1 Å². The van der Waals surface area contributed by atoms with Crippen LogP contribution in [-0.2, 0) is 10.2 Å². The fraction of sp³-hybridized carbons (Fsp3) is 0.542. The summed E-state index contributed by atoms with van der Waals surface area (Å²) in [6, 6.07) is 8.25. The molecule has 2 aromatic rings. The standard InChI is InChI=1S/C24H30N6O3/c1-12-8-20(22(33-3)30-27-12)25-21-15-6-4-13(9-19(15)28-29-21)17-11-24(17)16-10-14(32-2)5-7-18(16)26-23(24)31/h5,7-8,10,13,15,17,19,21,28-29H,4,6,9,11H2,1-3H3,(H,25,27)(H,26,31)/t13?,15?,17-,19?,21?,24-/m0/s1. The molecule has 6 atom stereocenters. The lowest BCUT2D eigenvalue weighted by atomic mass is 9.74. The SMILES string of the molecule is COc1ccc2c(c1)[C@]1(C[C@H]1C1CCC3C(C1)NNC3Nc1cc(C)nnc1OC)C(=O)N2. The number of benzene rings is 1. The number of ether oxygens (including phenoxy) is 2. The molecule has 2 saturated carbocycles. The number of nitrogens with one attached hydrogen (secondary N) is 4. The lowest BCUT2D eigenvalue weighted by molar-refractivity contribution is -0.118. The molecule has 1 spiro atoms. The number of carbonyl (C=O) groups excluding carboxylic acids is 1. The molecular weight excluding hydrogens is 420 g/mol. The van der Waals surface area contributed by atoms with Gasteiger partial charge in [0.15, 0.2) is 0 Å². The first kappa shape index (κ1) is 20.7. The largest absolute Gasteiger partial charge is 0.497 e. The van der Waals surface area contributed by atoms with Gasteiger partial charge in [0.2, 0.25) is 5.91 Å². The zero-order valence-corrected chi connectivity index (χ0v) is 19.1. The minimum absolute atomic E-state index is 0.0846. The van der Waals surface area contributed by atoms with Gasteiger partial charge in [-0.3, -0.25) is 10.2 Å². The molecule has 1 amide bonds. The molecule has 9 heteroatoms. The predicted octanol–water partition coefficient (Wildman–Crippen LogP) is 2.34. The fourth-order valence-corrected chi connectivity index (χ4v) is 6.42. The summed E-state index contributed by atoms with van der Waals surface area (Å²) in [6.07, 6.45) is 4.27. The molecule has 4 N–H and O–H groups in total. The predicted molar refractivity (Wildman–Crippen MR) is 123 cm³/mol. The second-order valence-electron chi connectivity index (χ2n) is 9.81. The van der Waals surface area contributed by atoms with Gasteiger partial charge in [-0.2, -0.15) is 5.10 Å². The number of aromatic nitrogens is 2. The quantitative estimate of drug-likeness (QED) is 0.550. The Balaban J connectivity index is 1.16. The van der Waals surface area contributed by atoms with Crippen LogP contribution in [0.4, 0.5) is 11.4 Å². The van der Waals surface area contributed by atoms with E-state index in [-0.39, 0.29) is 17.5 Å². The second kappa shape index (κ2) is 7.56. The van der Waals surface area contributed by atoms with Gasteiger partial charge in [-0.15, -0.1) is 5.10 Å². The molecule has 6 rings (SSSR count). The maximum absolute atomic E-state index is 13.0. The van der Waals surface area contributed by atoms with E-state index in [1.54, 1.807) is 14.2 Å². The van der Waals surface area contributed by atoms with E-state index < -0.39 is 0 Å². The highest BCUT2D eigenvalue weighted by Crippen LogP contribution is 2.65. The summed E-state index contributed by atoms with van der Waals surface area (Å²) in [7, 11) is 3.28. The van der Waals surface area contributed by atoms with E-state index in [1.165, 1.54) is 0 Å². The number of hydrogen-bond acceptors (Lipinski definition) is 8. The third kappa shape index (κ3) is 3.17. The van der Waals surface area contributed by atoms with Crippen molar-refractivity contribution >= 4 is 17.3 Å². The van der Waals surface area contributed by atoms with E-state index in [4.69, 9.17) is 9.47 Å². The van der Waals surface area contributed by atoms with Crippen LogP contribution >= 0.6 is 0 Å². The molecule has 174 valence electrons. The van der Waals surface area contributed by atoms with Crippen LogP contribution in [0.5, 0.6) is 11.6 Å². The van der Waals surface area contributed by atoms with Crippen molar-refractivity contribution in [1.29, 1.82) is 0 Å². The van der Waals surface area contributed by atoms with Gasteiger partial charge in [-0.25, -0.2) is 5.43 Å². The van der Waals surface area contributed by atoms with Gasteiger partial charge in [0, 0.05) is 17.6 Å². The van der Waals surface area contributed by atoms with E-state index in [0.29, 0.717) is 29.7 Å². The smallest absolute Gasteiger partial charge is 0.256 e. The Hall–Kier alpha value is -2.91. The summed E-state index contributed by atoms with van der Waals surface area (Å²) in [5, 5.41) is 14.9. The molecule has 2 aliphatic heterocycles. The molecule has 3 heterocycles. The first-order chi connectivity index (χ1) is 16.0. The number of methoxy groups -OCH3 is 2. The van der Waals surface area contributed by atoms with Gasteiger partial charge in [0.1, 0.15) is 11.4 Å². The van der Waals surface area contributed by atoms with Crippen molar-refractivity contribution in [2.24, 2.45) is 17.8 Å². The molecule has 2 aliphatic carbocycles. The molecule has 1 aromatic carbocycles. The maximum atomic E-state index is 13.0. The van der Waals surface area contributed by atoms with Crippen LogP contribution in [0.15, 0.2) is 24.3 Å². The zero-order valence-electron chi connectivity index (χ0n) is 19.1. The van der Waals surface area contributed by atoms with Crippen molar-refractivity contribution in [1.82, 2.24) is 21.0 Å². The average molecular weight is 451 g/mol. The molecule has 0 bridgehead atoms. The summed E-state index contributed by atoms with van der Waals surface area (Å²) in [4.78, 5) is 13.0. The van der Waals surface area contributed by atoms with Gasteiger partial charge in [-0.1, -0.05) is 0 Å². The Morgan fingerprint density at radius 2 is 2.00 bits per heavy atom. The third-order valence-electron chi connectivity index (χ3n) is 8.13. The highest BCUT2D eigenvalue weighted by molar-refractivity contribution is 6.09. The van der Waals surface area contributed by atoms with Gasteiger partial charge in [0.05, 0.1) is 31.5 Å². The Labute approximate surface area is 193 Å². The van der Waals surface area contributed by atoms with Crippen LogP contribution in [0.25, 0.3) is 0 Å².